The lowest BCUT2D eigenvalue weighted by molar-refractivity contribution is -0.154. The topological polar surface area (TPSA) is 96.3 Å². The zero-order valence-electron chi connectivity index (χ0n) is 13.0. The Kier molecular flexibility index (Phi) is 4.46. The maximum absolute atomic E-state index is 12.3. The predicted molar refractivity (Wildman–Crippen MR) is 86.4 cm³/mol. The normalized spacial score (nSPS) is 35.3. The third kappa shape index (κ3) is 2.54. The summed E-state index contributed by atoms with van der Waals surface area (Å²) >= 11 is 4.28. The van der Waals surface area contributed by atoms with Gasteiger partial charge in [-0.1, -0.05) is 30.3 Å². The van der Waals surface area contributed by atoms with Crippen LogP contribution in [0.5, 0.6) is 0 Å². The van der Waals surface area contributed by atoms with Gasteiger partial charge in [-0.15, -0.1) is 0 Å². The van der Waals surface area contributed by atoms with Gasteiger partial charge in [-0.2, -0.15) is 12.6 Å². The number of ether oxygens (including phenoxy) is 2. The van der Waals surface area contributed by atoms with Crippen LogP contribution < -0.4 is 0 Å². The fraction of sp³-hybridized carbons (Fsp3) is 0.500. The molecule has 1 amide bonds. The molecule has 0 aromatic heterocycles. The SMILES string of the molecule is CC(=O)O[C@H]1[C@@H](S)[C@H](O)[C@H](O)[C@@]12COC(=O)N2Cc1ccccc1. The minimum Gasteiger partial charge on any atom is -0.459 e. The second-order valence-electron chi connectivity index (χ2n) is 6.07. The minimum atomic E-state index is -1.37. The predicted octanol–water partition coefficient (Wildman–Crippen LogP) is 0.343. The average Bonchev–Trinajstić information content (AvgIpc) is 2.96. The van der Waals surface area contributed by atoms with Gasteiger partial charge in [0.05, 0.1) is 17.9 Å². The van der Waals surface area contributed by atoms with Crippen molar-refractivity contribution in [1.29, 1.82) is 0 Å². The van der Waals surface area contributed by atoms with Crippen molar-refractivity contribution in [3.63, 3.8) is 0 Å². The largest absolute Gasteiger partial charge is 0.459 e. The highest BCUT2D eigenvalue weighted by Crippen LogP contribution is 2.45. The number of hydrogen-bond donors (Lipinski definition) is 3. The van der Waals surface area contributed by atoms with Crippen LogP contribution in [0, 0.1) is 0 Å². The summed E-state index contributed by atoms with van der Waals surface area (Å²) in [6.07, 6.45) is -4.23. The van der Waals surface area contributed by atoms with E-state index < -0.39 is 41.2 Å². The van der Waals surface area contributed by atoms with Crippen LogP contribution in [0.25, 0.3) is 0 Å². The van der Waals surface area contributed by atoms with E-state index >= 15 is 0 Å². The van der Waals surface area contributed by atoms with Crippen molar-refractivity contribution in [3.05, 3.63) is 35.9 Å². The molecule has 24 heavy (non-hydrogen) atoms. The number of aliphatic hydroxyl groups is 2. The van der Waals surface area contributed by atoms with Crippen LogP contribution in [0.3, 0.4) is 0 Å². The van der Waals surface area contributed by atoms with Gasteiger partial charge in [0.1, 0.15) is 24.4 Å². The quantitative estimate of drug-likeness (QED) is 0.536. The van der Waals surface area contributed by atoms with Crippen LogP contribution in [-0.2, 0) is 20.8 Å². The number of thiol groups is 1. The first kappa shape index (κ1) is 17.1. The highest BCUT2D eigenvalue weighted by Gasteiger charge is 2.68. The summed E-state index contributed by atoms with van der Waals surface area (Å²) in [6, 6.07) is 9.16. The minimum absolute atomic E-state index is 0.154. The lowest BCUT2D eigenvalue weighted by Crippen LogP contribution is -2.61. The van der Waals surface area contributed by atoms with Gasteiger partial charge in [-0.25, -0.2) is 4.79 Å². The molecule has 0 bridgehead atoms. The molecular weight excluding hydrogens is 334 g/mol. The van der Waals surface area contributed by atoms with E-state index in [4.69, 9.17) is 9.47 Å². The number of carbonyl (C=O) groups is 2. The molecule has 0 unspecified atom stereocenters. The fourth-order valence-corrected chi connectivity index (χ4v) is 3.92. The summed E-state index contributed by atoms with van der Waals surface area (Å²) in [6.45, 7) is 1.19. The summed E-state index contributed by atoms with van der Waals surface area (Å²) in [7, 11) is 0. The molecule has 7 nitrogen and oxygen atoms in total. The fourth-order valence-electron chi connectivity index (χ4n) is 3.44. The van der Waals surface area contributed by atoms with E-state index in [1.807, 2.05) is 30.3 Å². The molecule has 1 aliphatic carbocycles. The van der Waals surface area contributed by atoms with E-state index in [2.05, 4.69) is 12.6 Å². The van der Waals surface area contributed by atoms with Crippen LogP contribution in [0.4, 0.5) is 4.79 Å². The summed E-state index contributed by atoms with van der Waals surface area (Å²) in [5, 5.41) is 20.0. The van der Waals surface area contributed by atoms with Crippen molar-refractivity contribution in [2.45, 2.75) is 42.6 Å². The Labute approximate surface area is 144 Å². The summed E-state index contributed by atoms with van der Waals surface area (Å²) in [5.74, 6) is -0.585. The number of amides is 1. The van der Waals surface area contributed by atoms with E-state index in [1.165, 1.54) is 11.8 Å². The van der Waals surface area contributed by atoms with E-state index in [-0.39, 0.29) is 13.2 Å². The second kappa shape index (κ2) is 6.27. The maximum atomic E-state index is 12.3. The monoisotopic (exact) mass is 353 g/mol. The molecule has 2 N–H and O–H groups in total. The molecule has 1 saturated heterocycles. The Morgan fingerprint density at radius 2 is 2.08 bits per heavy atom. The molecule has 3 rings (SSSR count). The number of aliphatic hydroxyl groups excluding tert-OH is 2. The van der Waals surface area contributed by atoms with E-state index in [0.717, 1.165) is 5.56 Å². The zero-order chi connectivity index (χ0) is 17.5. The van der Waals surface area contributed by atoms with Gasteiger partial charge in [0.2, 0.25) is 0 Å². The van der Waals surface area contributed by atoms with Crippen molar-refractivity contribution < 1.29 is 29.3 Å². The molecule has 2 fully saturated rings. The highest BCUT2D eigenvalue weighted by molar-refractivity contribution is 7.81. The first-order valence-corrected chi connectivity index (χ1v) is 8.09. The lowest BCUT2D eigenvalue weighted by Gasteiger charge is -2.38. The van der Waals surface area contributed by atoms with E-state index in [1.54, 1.807) is 0 Å². The van der Waals surface area contributed by atoms with Crippen molar-refractivity contribution >= 4 is 24.7 Å². The van der Waals surface area contributed by atoms with Crippen molar-refractivity contribution in [2.75, 3.05) is 6.61 Å². The van der Waals surface area contributed by atoms with Crippen LogP contribution in [0.1, 0.15) is 12.5 Å². The third-order valence-electron chi connectivity index (χ3n) is 4.61. The molecular formula is C16H19NO6S. The van der Waals surface area contributed by atoms with Gasteiger partial charge in [-0.3, -0.25) is 9.69 Å². The van der Waals surface area contributed by atoms with E-state index in [0.29, 0.717) is 0 Å². The Hall–Kier alpha value is -1.77. The first-order chi connectivity index (χ1) is 11.4. The van der Waals surface area contributed by atoms with Crippen molar-refractivity contribution in [1.82, 2.24) is 4.90 Å². The number of nitrogens with zero attached hydrogens (tertiary/aromatic N) is 1. The van der Waals surface area contributed by atoms with Gasteiger partial charge in [-0.05, 0) is 5.56 Å². The Morgan fingerprint density at radius 3 is 2.71 bits per heavy atom. The Balaban J connectivity index is 2.00. The standard InChI is InChI=1S/C16H19NO6S/c1-9(18)23-14-12(24)11(19)13(20)16(14)8-22-15(21)17(16)7-10-5-3-2-4-6-10/h2-6,11-14,19-20,24H,7-8H2,1H3/t11-,12-,13-,14-,16-/m0/s1. The van der Waals surface area contributed by atoms with Crippen LogP contribution in [0.15, 0.2) is 30.3 Å². The van der Waals surface area contributed by atoms with Gasteiger partial charge in [0.25, 0.3) is 0 Å². The van der Waals surface area contributed by atoms with Crippen LogP contribution in [0.2, 0.25) is 0 Å². The van der Waals surface area contributed by atoms with Gasteiger partial charge >= 0.3 is 12.1 Å². The molecule has 1 saturated carbocycles. The number of cyclic esters (lactones) is 1. The van der Waals surface area contributed by atoms with Crippen LogP contribution >= 0.6 is 12.6 Å². The number of benzene rings is 1. The molecule has 1 heterocycles. The second-order valence-corrected chi connectivity index (χ2v) is 6.67. The highest BCUT2D eigenvalue weighted by atomic mass is 32.1. The molecule has 1 spiro atoms. The molecule has 2 aliphatic rings. The number of hydrogen-bond acceptors (Lipinski definition) is 7. The summed E-state index contributed by atoms with van der Waals surface area (Å²) in [4.78, 5) is 25.1. The van der Waals surface area contributed by atoms with Crippen molar-refractivity contribution in [3.8, 4) is 0 Å². The molecule has 5 atom stereocenters. The lowest BCUT2D eigenvalue weighted by atomic mass is 9.91. The van der Waals surface area contributed by atoms with Gasteiger partial charge in [0.15, 0.2) is 0 Å². The molecule has 130 valence electrons. The molecule has 8 heteroatoms. The molecule has 1 aliphatic heterocycles. The van der Waals surface area contributed by atoms with Gasteiger partial charge in [0, 0.05) is 6.92 Å². The van der Waals surface area contributed by atoms with Gasteiger partial charge < -0.3 is 19.7 Å². The molecule has 0 radical (unpaired) electrons. The van der Waals surface area contributed by atoms with Crippen LogP contribution in [-0.4, -0.2) is 62.9 Å². The number of carbonyl (C=O) groups excluding carboxylic acids is 2. The Morgan fingerprint density at radius 1 is 1.42 bits per heavy atom. The zero-order valence-corrected chi connectivity index (χ0v) is 13.9. The molecule has 1 aromatic rings. The number of esters is 1. The van der Waals surface area contributed by atoms with E-state index in [9.17, 15) is 19.8 Å². The maximum Gasteiger partial charge on any atom is 0.410 e. The summed E-state index contributed by atoms with van der Waals surface area (Å²) in [5.41, 5.74) is -0.550. The van der Waals surface area contributed by atoms with Crippen molar-refractivity contribution in [2.24, 2.45) is 0 Å². The average molecular weight is 353 g/mol. The first-order valence-electron chi connectivity index (χ1n) is 7.57. The summed E-state index contributed by atoms with van der Waals surface area (Å²) < 4.78 is 10.5. The third-order valence-corrected chi connectivity index (χ3v) is 5.19. The molecule has 1 aromatic carbocycles. The smallest absolute Gasteiger partial charge is 0.410 e. The Bertz CT molecular complexity index is 641. The number of rotatable bonds is 3.